The van der Waals surface area contributed by atoms with E-state index in [4.69, 9.17) is 27.7 Å². The van der Waals surface area contributed by atoms with E-state index in [2.05, 4.69) is 25.8 Å². The number of aryl methyl sites for hydroxylation is 1. The zero-order valence-corrected chi connectivity index (χ0v) is 16.8. The summed E-state index contributed by atoms with van der Waals surface area (Å²) in [6.45, 7) is 4.17. The van der Waals surface area contributed by atoms with Crippen molar-refractivity contribution in [1.82, 2.24) is 20.8 Å². The van der Waals surface area contributed by atoms with Gasteiger partial charge in [-0.05, 0) is 24.6 Å². The molecular weight excluding hydrogens is 452 g/mol. The van der Waals surface area contributed by atoms with E-state index in [9.17, 15) is 0 Å². The smallest absolute Gasteiger partial charge is 0.223 e. The van der Waals surface area contributed by atoms with Crippen LogP contribution in [0.4, 0.5) is 0 Å². The minimum absolute atomic E-state index is 0. The Morgan fingerprint density at radius 2 is 2.09 bits per heavy atom. The van der Waals surface area contributed by atoms with Crippen LogP contribution in [0.1, 0.15) is 30.2 Å². The molecule has 0 radical (unpaired) electrons. The lowest BCUT2D eigenvalue weighted by Gasteiger charge is -2.18. The Bertz CT molecular complexity index is 677. The van der Waals surface area contributed by atoms with E-state index >= 15 is 0 Å². The molecule has 0 saturated carbocycles. The fourth-order valence-corrected chi connectivity index (χ4v) is 2.15. The van der Waals surface area contributed by atoms with Gasteiger partial charge in [-0.1, -0.05) is 34.4 Å². The fraction of sp³-hybridized carbons (Fsp3) is 0.357. The van der Waals surface area contributed by atoms with E-state index in [1.165, 1.54) is 0 Å². The number of hydrogen-bond acceptors (Lipinski definition) is 4. The maximum absolute atomic E-state index is 6.04. The van der Waals surface area contributed by atoms with Gasteiger partial charge in [0.05, 0.1) is 22.6 Å². The number of halogens is 3. The number of nitrogens with zero attached hydrogens (tertiary/aromatic N) is 3. The van der Waals surface area contributed by atoms with Crippen molar-refractivity contribution in [2.75, 3.05) is 7.05 Å². The van der Waals surface area contributed by atoms with Crippen molar-refractivity contribution < 1.29 is 4.52 Å². The Kier molecular flexibility index (Phi) is 8.07. The van der Waals surface area contributed by atoms with Crippen LogP contribution in [0.2, 0.25) is 10.0 Å². The van der Waals surface area contributed by atoms with E-state index in [0.29, 0.717) is 34.3 Å². The zero-order valence-electron chi connectivity index (χ0n) is 12.9. The molecule has 0 aliphatic heterocycles. The molecule has 1 heterocycles. The highest BCUT2D eigenvalue weighted by Crippen LogP contribution is 2.25. The number of hydrogen-bond donors (Lipinski definition) is 2. The van der Waals surface area contributed by atoms with Gasteiger partial charge in [-0.2, -0.15) is 4.98 Å². The predicted octanol–water partition coefficient (Wildman–Crippen LogP) is 3.73. The van der Waals surface area contributed by atoms with Crippen molar-refractivity contribution in [2.24, 2.45) is 4.99 Å². The molecule has 1 aromatic heterocycles. The van der Waals surface area contributed by atoms with Crippen LogP contribution in [-0.4, -0.2) is 23.1 Å². The molecule has 1 unspecified atom stereocenters. The first-order valence-corrected chi connectivity index (χ1v) is 7.46. The first-order valence-electron chi connectivity index (χ1n) is 6.71. The van der Waals surface area contributed by atoms with Crippen LogP contribution in [-0.2, 0) is 6.54 Å². The van der Waals surface area contributed by atoms with Gasteiger partial charge in [-0.25, -0.2) is 0 Å². The molecule has 9 heteroatoms. The molecule has 0 spiro atoms. The van der Waals surface area contributed by atoms with Crippen molar-refractivity contribution >= 4 is 53.1 Å². The van der Waals surface area contributed by atoms with Crippen LogP contribution in [0.3, 0.4) is 0 Å². The number of benzene rings is 1. The highest BCUT2D eigenvalue weighted by Gasteiger charge is 2.10. The molecule has 2 rings (SSSR count). The average Bonchev–Trinajstić information content (AvgIpc) is 2.91. The second-order valence-corrected chi connectivity index (χ2v) is 5.51. The minimum Gasteiger partial charge on any atom is -0.350 e. The highest BCUT2D eigenvalue weighted by molar-refractivity contribution is 14.0. The van der Waals surface area contributed by atoms with Gasteiger partial charge in [-0.15, -0.1) is 24.0 Å². The Hall–Kier alpha value is -1.06. The fourth-order valence-electron chi connectivity index (χ4n) is 1.84. The third-order valence-electron chi connectivity index (χ3n) is 3.00. The van der Waals surface area contributed by atoms with E-state index in [1.807, 2.05) is 19.1 Å². The van der Waals surface area contributed by atoms with E-state index < -0.39 is 0 Å². The summed E-state index contributed by atoms with van der Waals surface area (Å²) in [7, 11) is 1.69. The zero-order chi connectivity index (χ0) is 16.1. The Morgan fingerprint density at radius 3 is 2.65 bits per heavy atom. The molecule has 0 fully saturated rings. The lowest BCUT2D eigenvalue weighted by Crippen LogP contribution is -2.38. The average molecular weight is 470 g/mol. The van der Waals surface area contributed by atoms with Crippen LogP contribution >= 0.6 is 47.2 Å². The molecule has 0 saturated heterocycles. The van der Waals surface area contributed by atoms with Crippen molar-refractivity contribution in [1.29, 1.82) is 0 Å². The van der Waals surface area contributed by atoms with Crippen molar-refractivity contribution in [3.8, 4) is 0 Å². The normalized spacial score (nSPS) is 12.5. The summed E-state index contributed by atoms with van der Waals surface area (Å²) >= 11 is 12.0. The molecule has 6 nitrogen and oxygen atoms in total. The van der Waals surface area contributed by atoms with Crippen LogP contribution in [0.15, 0.2) is 27.7 Å². The second kappa shape index (κ2) is 9.29. The van der Waals surface area contributed by atoms with Crippen molar-refractivity contribution in [3.63, 3.8) is 0 Å². The van der Waals surface area contributed by atoms with Gasteiger partial charge in [0.2, 0.25) is 5.89 Å². The topological polar surface area (TPSA) is 75.3 Å². The van der Waals surface area contributed by atoms with E-state index in [0.717, 1.165) is 5.56 Å². The van der Waals surface area contributed by atoms with E-state index in [-0.39, 0.29) is 30.0 Å². The first kappa shape index (κ1) is 20.0. The van der Waals surface area contributed by atoms with Crippen LogP contribution in [0.5, 0.6) is 0 Å². The van der Waals surface area contributed by atoms with Gasteiger partial charge in [-0.3, -0.25) is 4.99 Å². The summed E-state index contributed by atoms with van der Waals surface area (Å²) in [5, 5.41) is 11.3. The van der Waals surface area contributed by atoms with Crippen LogP contribution < -0.4 is 10.6 Å². The maximum Gasteiger partial charge on any atom is 0.223 e. The van der Waals surface area contributed by atoms with Gasteiger partial charge < -0.3 is 15.2 Å². The molecule has 0 amide bonds. The lowest BCUT2D eigenvalue weighted by atomic mass is 10.1. The third-order valence-corrected chi connectivity index (χ3v) is 3.74. The van der Waals surface area contributed by atoms with E-state index in [1.54, 1.807) is 20.0 Å². The summed E-state index contributed by atoms with van der Waals surface area (Å²) in [6.07, 6.45) is 0. The summed E-state index contributed by atoms with van der Waals surface area (Å²) in [4.78, 5) is 8.28. The van der Waals surface area contributed by atoms with Crippen LogP contribution in [0.25, 0.3) is 0 Å². The number of nitrogens with one attached hydrogen (secondary N) is 2. The van der Waals surface area contributed by atoms with Gasteiger partial charge in [0, 0.05) is 14.0 Å². The molecular formula is C14H18Cl2IN5O. The lowest BCUT2D eigenvalue weighted by molar-refractivity contribution is 0.386. The molecule has 126 valence electrons. The molecule has 0 bridgehead atoms. The molecule has 23 heavy (non-hydrogen) atoms. The van der Waals surface area contributed by atoms with Crippen molar-refractivity contribution in [3.05, 3.63) is 45.5 Å². The number of aliphatic imine (C=N–C) groups is 1. The largest absolute Gasteiger partial charge is 0.350 e. The van der Waals surface area contributed by atoms with Gasteiger partial charge in [0.25, 0.3) is 0 Å². The standard InChI is InChI=1S/C14H17Cl2N5O.HI/c1-8(10-4-5-11(15)12(16)6-10)19-14(17-3)18-7-13-20-9(2)22-21-13;/h4-6,8H,7H2,1-3H3,(H2,17,18,19);1H. The molecule has 0 aliphatic carbocycles. The summed E-state index contributed by atoms with van der Waals surface area (Å²) < 4.78 is 4.92. The molecule has 0 aliphatic rings. The summed E-state index contributed by atoms with van der Waals surface area (Å²) in [5.41, 5.74) is 1.01. The Balaban J connectivity index is 0.00000264. The molecule has 2 aromatic rings. The summed E-state index contributed by atoms with van der Waals surface area (Å²) in [6, 6.07) is 5.53. The first-order chi connectivity index (χ1) is 10.5. The monoisotopic (exact) mass is 469 g/mol. The molecule has 1 aromatic carbocycles. The quantitative estimate of drug-likeness (QED) is 0.405. The maximum atomic E-state index is 6.04. The SMILES string of the molecule is CN=C(NCc1noc(C)n1)NC(C)c1ccc(Cl)c(Cl)c1.I. The van der Waals surface area contributed by atoms with Gasteiger partial charge in [0.1, 0.15) is 0 Å². The van der Waals surface area contributed by atoms with Crippen LogP contribution in [0, 0.1) is 6.92 Å². The predicted molar refractivity (Wildman–Crippen MR) is 103 cm³/mol. The Labute approximate surface area is 162 Å². The van der Waals surface area contributed by atoms with Crippen molar-refractivity contribution in [2.45, 2.75) is 26.4 Å². The van der Waals surface area contributed by atoms with Gasteiger partial charge >= 0.3 is 0 Å². The van der Waals surface area contributed by atoms with Gasteiger partial charge in [0.15, 0.2) is 11.8 Å². The molecule has 2 N–H and O–H groups in total. The number of rotatable bonds is 4. The number of guanidine groups is 1. The molecule has 1 atom stereocenters. The second-order valence-electron chi connectivity index (χ2n) is 4.69. The third kappa shape index (κ3) is 5.82. The summed E-state index contributed by atoms with van der Waals surface area (Å²) in [5.74, 6) is 1.73. The number of aromatic nitrogens is 2. The highest BCUT2D eigenvalue weighted by atomic mass is 127. The minimum atomic E-state index is 0. The Morgan fingerprint density at radius 1 is 1.35 bits per heavy atom.